The molecule has 0 unspecified atom stereocenters. The van der Waals surface area contributed by atoms with Gasteiger partial charge in [-0.1, -0.05) is 28.1 Å². The van der Waals surface area contributed by atoms with Gasteiger partial charge in [0.15, 0.2) is 0 Å². The molecule has 29 heavy (non-hydrogen) atoms. The number of amides is 1. The van der Waals surface area contributed by atoms with Crippen LogP contribution in [0.3, 0.4) is 0 Å². The molecule has 7 heteroatoms. The summed E-state index contributed by atoms with van der Waals surface area (Å²) in [5, 5.41) is 0.963. The summed E-state index contributed by atoms with van der Waals surface area (Å²) in [6.45, 7) is 2.24. The van der Waals surface area contributed by atoms with Gasteiger partial charge in [0.05, 0.1) is 23.4 Å². The van der Waals surface area contributed by atoms with Gasteiger partial charge in [0.1, 0.15) is 5.82 Å². The first-order chi connectivity index (χ1) is 14.0. The lowest BCUT2D eigenvalue weighted by atomic mass is 10.0. The molecular weight excluding hydrogens is 439 g/mol. The average molecular weight is 457 g/mol. The van der Waals surface area contributed by atoms with Crippen LogP contribution in [0.5, 0.6) is 0 Å². The van der Waals surface area contributed by atoms with E-state index in [1.165, 1.54) is 29.3 Å². The molecule has 5 nitrogen and oxygen atoms in total. The van der Waals surface area contributed by atoms with E-state index in [4.69, 9.17) is 4.74 Å². The number of aromatic nitrogens is 1. The molecule has 0 bridgehead atoms. The predicted molar refractivity (Wildman–Crippen MR) is 112 cm³/mol. The van der Waals surface area contributed by atoms with Gasteiger partial charge in [-0.3, -0.25) is 4.79 Å². The van der Waals surface area contributed by atoms with Gasteiger partial charge >= 0.3 is 5.97 Å². The van der Waals surface area contributed by atoms with E-state index in [1.807, 2.05) is 18.2 Å². The fourth-order valence-electron chi connectivity index (χ4n) is 3.54. The van der Waals surface area contributed by atoms with Crippen molar-refractivity contribution < 1.29 is 18.7 Å². The van der Waals surface area contributed by atoms with Crippen LogP contribution < -0.4 is 0 Å². The summed E-state index contributed by atoms with van der Waals surface area (Å²) >= 11 is 3.48. The number of hydrogen-bond acceptors (Lipinski definition) is 3. The van der Waals surface area contributed by atoms with Crippen LogP contribution in [0, 0.1) is 5.82 Å². The fraction of sp³-hybridized carbons (Fsp3) is 0.182. The Morgan fingerprint density at radius 2 is 2.03 bits per heavy atom. The molecule has 0 radical (unpaired) electrons. The maximum absolute atomic E-state index is 14.2. The number of H-pyrrole nitrogens is 1. The van der Waals surface area contributed by atoms with Crippen molar-refractivity contribution in [3.63, 3.8) is 0 Å². The number of rotatable bonds is 3. The molecule has 0 saturated carbocycles. The highest BCUT2D eigenvalue weighted by molar-refractivity contribution is 9.10. The van der Waals surface area contributed by atoms with Gasteiger partial charge in [0.2, 0.25) is 0 Å². The summed E-state index contributed by atoms with van der Waals surface area (Å²) in [7, 11) is 0. The summed E-state index contributed by atoms with van der Waals surface area (Å²) in [4.78, 5) is 30.3. The molecule has 0 spiro atoms. The first kappa shape index (κ1) is 19.4. The third-order valence-corrected chi connectivity index (χ3v) is 5.38. The standard InChI is InChI=1S/C22H18BrFN2O3/c1-2-29-22(28)17-12-26(21(27)15-5-3-4-6-18(15)24)10-9-14-16-11-13(23)7-8-19(16)25-20(14)17/h3-8,11-12,25H,2,9-10H2,1H3. The van der Waals surface area contributed by atoms with E-state index in [2.05, 4.69) is 20.9 Å². The van der Waals surface area contributed by atoms with Crippen molar-refractivity contribution >= 4 is 44.3 Å². The quantitative estimate of drug-likeness (QED) is 0.582. The molecule has 2 heterocycles. The summed E-state index contributed by atoms with van der Waals surface area (Å²) in [6.07, 6.45) is 1.97. The molecule has 1 aliphatic heterocycles. The molecule has 1 aliphatic rings. The van der Waals surface area contributed by atoms with Crippen LogP contribution in [-0.4, -0.2) is 34.9 Å². The topological polar surface area (TPSA) is 62.4 Å². The molecule has 4 rings (SSSR count). The minimum absolute atomic E-state index is 0.0369. The number of hydrogen-bond donors (Lipinski definition) is 1. The van der Waals surface area contributed by atoms with Crippen LogP contribution in [0.15, 0.2) is 53.1 Å². The Bertz CT molecular complexity index is 1150. The van der Waals surface area contributed by atoms with Crippen molar-refractivity contribution in [3.8, 4) is 0 Å². The molecule has 1 N–H and O–H groups in total. The first-order valence-corrected chi connectivity index (χ1v) is 10.0. The summed E-state index contributed by atoms with van der Waals surface area (Å²) in [5.74, 6) is -1.63. The Morgan fingerprint density at radius 1 is 1.24 bits per heavy atom. The van der Waals surface area contributed by atoms with Gasteiger partial charge < -0.3 is 14.6 Å². The van der Waals surface area contributed by atoms with E-state index in [0.29, 0.717) is 18.7 Å². The molecule has 1 aromatic heterocycles. The zero-order valence-corrected chi connectivity index (χ0v) is 17.3. The zero-order chi connectivity index (χ0) is 20.5. The van der Waals surface area contributed by atoms with Crippen molar-refractivity contribution in [1.82, 2.24) is 9.88 Å². The maximum atomic E-state index is 14.2. The van der Waals surface area contributed by atoms with E-state index < -0.39 is 17.7 Å². The highest BCUT2D eigenvalue weighted by Gasteiger charge is 2.28. The molecule has 148 valence electrons. The molecule has 0 fully saturated rings. The molecule has 2 aromatic carbocycles. The smallest absolute Gasteiger partial charge is 0.341 e. The largest absolute Gasteiger partial charge is 0.462 e. The number of aromatic amines is 1. The minimum atomic E-state index is -0.597. The fourth-order valence-corrected chi connectivity index (χ4v) is 3.90. The SMILES string of the molecule is CCOC(=O)C1=CN(C(=O)c2ccccc2F)CCc2c1[nH]c1ccc(Br)cc21. The third kappa shape index (κ3) is 3.58. The monoisotopic (exact) mass is 456 g/mol. The maximum Gasteiger partial charge on any atom is 0.341 e. The Balaban J connectivity index is 1.83. The highest BCUT2D eigenvalue weighted by Crippen LogP contribution is 2.33. The summed E-state index contributed by atoms with van der Waals surface area (Å²) in [6, 6.07) is 11.6. The number of benzene rings is 2. The second kappa shape index (κ2) is 7.83. The van der Waals surface area contributed by atoms with Gasteiger partial charge in [-0.15, -0.1) is 0 Å². The van der Waals surface area contributed by atoms with E-state index in [9.17, 15) is 14.0 Å². The predicted octanol–water partition coefficient (Wildman–Crippen LogP) is 4.67. The summed E-state index contributed by atoms with van der Waals surface area (Å²) in [5.41, 5.74) is 2.65. The lowest BCUT2D eigenvalue weighted by Gasteiger charge is -2.18. The van der Waals surface area contributed by atoms with E-state index in [1.54, 1.807) is 13.0 Å². The number of carbonyl (C=O) groups excluding carboxylic acids is 2. The third-order valence-electron chi connectivity index (χ3n) is 4.89. The Kier molecular flexibility index (Phi) is 5.24. The molecular formula is C22H18BrFN2O3. The average Bonchev–Trinajstić information content (AvgIpc) is 2.94. The lowest BCUT2D eigenvalue weighted by Crippen LogP contribution is -2.28. The highest BCUT2D eigenvalue weighted by atomic mass is 79.9. The number of halogens is 2. The second-order valence-corrected chi connectivity index (χ2v) is 7.58. The van der Waals surface area contributed by atoms with Gasteiger partial charge in [-0.2, -0.15) is 0 Å². The molecule has 0 atom stereocenters. The van der Waals surface area contributed by atoms with E-state index in [0.717, 1.165) is 20.9 Å². The van der Waals surface area contributed by atoms with Crippen molar-refractivity contribution in [2.24, 2.45) is 0 Å². The number of fused-ring (bicyclic) bond motifs is 3. The number of ether oxygens (including phenoxy) is 1. The van der Waals surface area contributed by atoms with Gasteiger partial charge in [0.25, 0.3) is 5.91 Å². The number of nitrogens with zero attached hydrogens (tertiary/aromatic N) is 1. The van der Waals surface area contributed by atoms with E-state index >= 15 is 0 Å². The zero-order valence-electron chi connectivity index (χ0n) is 15.7. The second-order valence-electron chi connectivity index (χ2n) is 6.66. The van der Waals surface area contributed by atoms with Crippen LogP contribution in [0.1, 0.15) is 28.5 Å². The number of nitrogens with one attached hydrogen (secondary N) is 1. The van der Waals surface area contributed by atoms with Crippen molar-refractivity contribution in [2.75, 3.05) is 13.2 Å². The number of esters is 1. The minimum Gasteiger partial charge on any atom is -0.462 e. The summed E-state index contributed by atoms with van der Waals surface area (Å²) < 4.78 is 20.3. The lowest BCUT2D eigenvalue weighted by molar-refractivity contribution is -0.136. The van der Waals surface area contributed by atoms with Gasteiger partial charge in [0, 0.05) is 28.1 Å². The Hall–Kier alpha value is -2.93. The van der Waals surface area contributed by atoms with Crippen LogP contribution in [-0.2, 0) is 16.0 Å². The number of carbonyl (C=O) groups is 2. The van der Waals surface area contributed by atoms with Crippen LogP contribution in [0.4, 0.5) is 4.39 Å². The van der Waals surface area contributed by atoms with Gasteiger partial charge in [-0.05, 0) is 49.2 Å². The Morgan fingerprint density at radius 3 is 2.79 bits per heavy atom. The molecule has 3 aromatic rings. The van der Waals surface area contributed by atoms with Crippen LogP contribution in [0.25, 0.3) is 16.5 Å². The van der Waals surface area contributed by atoms with Crippen molar-refractivity contribution in [1.29, 1.82) is 0 Å². The first-order valence-electron chi connectivity index (χ1n) is 9.24. The Labute approximate surface area is 175 Å². The normalized spacial score (nSPS) is 13.6. The van der Waals surface area contributed by atoms with Crippen LogP contribution in [0.2, 0.25) is 0 Å². The van der Waals surface area contributed by atoms with Crippen molar-refractivity contribution in [3.05, 3.63) is 75.8 Å². The van der Waals surface area contributed by atoms with Crippen LogP contribution >= 0.6 is 15.9 Å². The molecule has 1 amide bonds. The van der Waals surface area contributed by atoms with Crippen molar-refractivity contribution in [2.45, 2.75) is 13.3 Å². The molecule has 0 saturated heterocycles. The molecule has 0 aliphatic carbocycles. The van der Waals surface area contributed by atoms with Gasteiger partial charge in [-0.25, -0.2) is 9.18 Å². The van der Waals surface area contributed by atoms with E-state index in [-0.39, 0.29) is 17.7 Å².